The molecule has 0 fully saturated rings. The van der Waals surface area contributed by atoms with E-state index in [4.69, 9.17) is 4.84 Å². The Labute approximate surface area is 116 Å². The van der Waals surface area contributed by atoms with Gasteiger partial charge in [0.15, 0.2) is 0 Å². The summed E-state index contributed by atoms with van der Waals surface area (Å²) in [6, 6.07) is 6.34. The van der Waals surface area contributed by atoms with Gasteiger partial charge in [-0.05, 0) is 11.5 Å². The van der Waals surface area contributed by atoms with Gasteiger partial charge in [-0.2, -0.15) is 4.84 Å². The third-order valence-electron chi connectivity index (χ3n) is 2.87. The van der Waals surface area contributed by atoms with Crippen LogP contribution in [0.3, 0.4) is 0 Å². The Morgan fingerprint density at radius 1 is 1.50 bits per heavy atom. The molecule has 1 aliphatic rings. The molecular formula is C12H18N4O4. The smallest absolute Gasteiger partial charge is 0.255 e. The molecule has 0 saturated carbocycles. The molecule has 0 radical (unpaired) electrons. The fourth-order valence-electron chi connectivity index (χ4n) is 1.85. The number of aliphatic hydroxyl groups excluding tert-OH is 1. The van der Waals surface area contributed by atoms with Gasteiger partial charge in [-0.15, -0.1) is 0 Å². The molecule has 1 heterocycles. The Kier molecular flexibility index (Phi) is 4.78. The van der Waals surface area contributed by atoms with Crippen molar-refractivity contribution >= 4 is 17.7 Å². The molecule has 1 aromatic carbocycles. The van der Waals surface area contributed by atoms with E-state index in [9.17, 15) is 15.5 Å². The van der Waals surface area contributed by atoms with E-state index in [0.717, 1.165) is 6.34 Å². The van der Waals surface area contributed by atoms with Crippen LogP contribution in [0.2, 0.25) is 0 Å². The van der Waals surface area contributed by atoms with Gasteiger partial charge in [0, 0.05) is 23.8 Å². The highest BCUT2D eigenvalue weighted by Gasteiger charge is 2.34. The highest BCUT2D eigenvalue weighted by atomic mass is 17.0. The van der Waals surface area contributed by atoms with Gasteiger partial charge in [0.2, 0.25) is 12.0 Å². The van der Waals surface area contributed by atoms with Crippen LogP contribution in [0, 0.1) is 10.4 Å². The minimum atomic E-state index is -1.44. The molecule has 0 amide bonds. The van der Waals surface area contributed by atoms with E-state index in [0.29, 0.717) is 13.1 Å². The fourth-order valence-corrected chi connectivity index (χ4v) is 1.85. The van der Waals surface area contributed by atoms with E-state index in [1.165, 1.54) is 6.07 Å². The van der Waals surface area contributed by atoms with E-state index >= 15 is 0 Å². The zero-order valence-corrected chi connectivity index (χ0v) is 11.2. The average Bonchev–Trinajstić information content (AvgIpc) is 2.47. The normalized spacial score (nSPS) is 26.3. The maximum Gasteiger partial charge on any atom is 0.255 e. The summed E-state index contributed by atoms with van der Waals surface area (Å²) in [5.74, 6) is 0. The van der Waals surface area contributed by atoms with Gasteiger partial charge in [0.25, 0.3) is 5.69 Å². The molecule has 2 rings (SSSR count). The number of aliphatic hydroxyl groups is 1. The van der Waals surface area contributed by atoms with Crippen molar-refractivity contribution in [3.8, 4) is 0 Å². The van der Waals surface area contributed by atoms with Crippen molar-refractivity contribution in [2.75, 3.05) is 19.7 Å². The fraction of sp³-hybridized carbons (Fsp3) is 0.417. The molecule has 0 saturated heterocycles. The van der Waals surface area contributed by atoms with Gasteiger partial charge in [-0.25, -0.2) is 0 Å². The minimum absolute atomic E-state index is 0.121. The molecule has 0 spiro atoms. The monoisotopic (exact) mass is 282 g/mol. The lowest BCUT2D eigenvalue weighted by Gasteiger charge is -2.36. The second-order valence-corrected chi connectivity index (χ2v) is 4.40. The number of rotatable bonds is 6. The second kappa shape index (κ2) is 6.37. The van der Waals surface area contributed by atoms with Crippen LogP contribution >= 0.6 is 0 Å². The number of likely N-dealkylation sites (N-methyl/N-ethyl adjacent to an activating group) is 1. The Morgan fingerprint density at radius 2 is 2.25 bits per heavy atom. The molecule has 3 atom stereocenters. The SMILES string of the molecule is CCNCC(O)CO[N+]1([O-])N=C[NH+]([O-])c2ccccc21. The first-order valence-electron chi connectivity index (χ1n) is 6.39. The third kappa shape index (κ3) is 3.19. The van der Waals surface area contributed by atoms with E-state index in [-0.39, 0.29) is 23.0 Å². The standard InChI is InChI=1S/C12H18N4O4/c1-2-13-7-10(17)8-20-16(19)12-6-4-3-5-11(12)15(18)9-14-16/h3-6,9-10,13,15,17H,2,7-8H2,1H3. The maximum atomic E-state index is 12.5. The summed E-state index contributed by atoms with van der Waals surface area (Å²) in [5.41, 5.74) is 0.384. The molecule has 3 unspecified atom stereocenters. The van der Waals surface area contributed by atoms with Crippen LogP contribution in [0.4, 0.5) is 11.4 Å². The Bertz CT molecular complexity index is 484. The summed E-state index contributed by atoms with van der Waals surface area (Å²) < 4.78 is 0. The van der Waals surface area contributed by atoms with Crippen LogP contribution in [0.5, 0.6) is 0 Å². The van der Waals surface area contributed by atoms with Gasteiger partial charge in [0.05, 0.1) is 6.10 Å². The number of hydroxylamine groups is 1. The van der Waals surface area contributed by atoms with E-state index in [1.54, 1.807) is 18.2 Å². The molecular weight excluding hydrogens is 264 g/mol. The Hall–Kier alpha value is -1.39. The molecule has 110 valence electrons. The minimum Gasteiger partial charge on any atom is -0.622 e. The quantitative estimate of drug-likeness (QED) is 0.476. The zero-order chi connectivity index (χ0) is 14.6. The maximum absolute atomic E-state index is 12.5. The number of nitrogens with one attached hydrogen (secondary N) is 2. The number of para-hydroxylation sites is 1. The summed E-state index contributed by atoms with van der Waals surface area (Å²) >= 11 is 0. The number of benzene rings is 1. The molecule has 3 N–H and O–H groups in total. The summed E-state index contributed by atoms with van der Waals surface area (Å²) in [6.45, 7) is 2.76. The second-order valence-electron chi connectivity index (χ2n) is 4.40. The van der Waals surface area contributed by atoms with Crippen LogP contribution < -0.4 is 15.3 Å². The Morgan fingerprint density at radius 3 is 3.00 bits per heavy atom. The predicted molar refractivity (Wildman–Crippen MR) is 74.6 cm³/mol. The van der Waals surface area contributed by atoms with Crippen molar-refractivity contribution in [2.24, 2.45) is 5.10 Å². The molecule has 1 aromatic rings. The average molecular weight is 282 g/mol. The van der Waals surface area contributed by atoms with Crippen molar-refractivity contribution in [3.05, 3.63) is 34.7 Å². The van der Waals surface area contributed by atoms with Gasteiger partial charge in [0.1, 0.15) is 6.61 Å². The van der Waals surface area contributed by atoms with E-state index in [1.807, 2.05) is 6.92 Å². The highest BCUT2D eigenvalue weighted by molar-refractivity contribution is 5.67. The summed E-state index contributed by atoms with van der Waals surface area (Å²) in [5, 5.41) is 40.0. The largest absolute Gasteiger partial charge is 0.622 e. The van der Waals surface area contributed by atoms with Gasteiger partial charge in [-0.1, -0.05) is 19.1 Å². The van der Waals surface area contributed by atoms with Crippen LogP contribution in [0.1, 0.15) is 6.92 Å². The summed E-state index contributed by atoms with van der Waals surface area (Å²) in [6.07, 6.45) is 0.130. The van der Waals surface area contributed by atoms with E-state index < -0.39 is 11.0 Å². The van der Waals surface area contributed by atoms with Gasteiger partial charge < -0.3 is 20.8 Å². The lowest BCUT2D eigenvalue weighted by molar-refractivity contribution is -0.662. The Balaban J connectivity index is 2.08. The van der Waals surface area contributed by atoms with Gasteiger partial charge in [-0.3, -0.25) is 5.06 Å². The number of fused-ring (bicyclic) bond motifs is 1. The molecule has 1 aliphatic heterocycles. The molecule has 0 aliphatic carbocycles. The van der Waals surface area contributed by atoms with Crippen LogP contribution in [-0.2, 0) is 4.84 Å². The molecule has 20 heavy (non-hydrogen) atoms. The first-order chi connectivity index (χ1) is 9.57. The number of hydrogen-bond acceptors (Lipinski definition) is 6. The lowest BCUT2D eigenvalue weighted by atomic mass is 10.2. The number of nitrogens with zero attached hydrogens (tertiary/aromatic N) is 2. The molecule has 0 aromatic heterocycles. The summed E-state index contributed by atoms with van der Waals surface area (Å²) in [7, 11) is 0. The van der Waals surface area contributed by atoms with Gasteiger partial charge >= 0.3 is 0 Å². The van der Waals surface area contributed by atoms with Crippen molar-refractivity contribution in [2.45, 2.75) is 13.0 Å². The van der Waals surface area contributed by atoms with E-state index in [2.05, 4.69) is 10.4 Å². The summed E-state index contributed by atoms with van der Waals surface area (Å²) in [4.78, 5) is 3.71. The number of quaternary nitrogens is 2. The van der Waals surface area contributed by atoms with Crippen molar-refractivity contribution < 1.29 is 15.0 Å². The predicted octanol–water partition coefficient (Wildman–Crippen LogP) is -0.635. The lowest BCUT2D eigenvalue weighted by Crippen LogP contribution is -3.02. The molecule has 8 nitrogen and oxygen atoms in total. The van der Waals surface area contributed by atoms with Crippen LogP contribution in [-0.4, -0.2) is 37.2 Å². The molecule has 0 bridgehead atoms. The highest BCUT2D eigenvalue weighted by Crippen LogP contribution is 2.31. The zero-order valence-electron chi connectivity index (χ0n) is 11.2. The molecule has 8 heteroatoms. The van der Waals surface area contributed by atoms with Crippen molar-refractivity contribution in [1.82, 2.24) is 10.2 Å². The van der Waals surface area contributed by atoms with Crippen LogP contribution in [0.15, 0.2) is 29.4 Å². The number of hydrogen-bond donors (Lipinski definition) is 3. The first kappa shape index (κ1) is 15.0. The van der Waals surface area contributed by atoms with Crippen molar-refractivity contribution in [3.63, 3.8) is 0 Å². The topological polar surface area (TPSA) is 104 Å². The first-order valence-corrected chi connectivity index (χ1v) is 6.39. The third-order valence-corrected chi connectivity index (χ3v) is 2.87. The van der Waals surface area contributed by atoms with Crippen LogP contribution in [0.25, 0.3) is 0 Å². The van der Waals surface area contributed by atoms with Crippen molar-refractivity contribution in [1.29, 1.82) is 0 Å².